The van der Waals surface area contributed by atoms with Crippen molar-refractivity contribution in [3.8, 4) is 11.4 Å². The number of thiophene rings is 1. The first-order valence-electron chi connectivity index (χ1n) is 14.4. The molecule has 1 aliphatic heterocycles. The Hall–Kier alpha value is -4.05. The molecule has 1 fully saturated rings. The van der Waals surface area contributed by atoms with Crippen LogP contribution in [-0.2, 0) is 32.7 Å². The van der Waals surface area contributed by atoms with Crippen LogP contribution in [0.25, 0.3) is 11.4 Å². The summed E-state index contributed by atoms with van der Waals surface area (Å²) in [7, 11) is 1.87. The molecule has 0 unspecified atom stereocenters. The molecule has 1 aliphatic carbocycles. The summed E-state index contributed by atoms with van der Waals surface area (Å²) in [6, 6.07) is 8.24. The van der Waals surface area contributed by atoms with Crippen molar-refractivity contribution in [2.24, 2.45) is 7.05 Å². The van der Waals surface area contributed by atoms with Crippen molar-refractivity contribution in [3.05, 3.63) is 74.7 Å². The molecule has 2 aliphatic rings. The molecule has 1 saturated heterocycles. The first-order chi connectivity index (χ1) is 20.0. The maximum Gasteiger partial charge on any atom is 0.276 e. The number of anilines is 2. The number of fused-ring (bicyclic) bond motifs is 3. The number of hydrogen-bond donors (Lipinski definition) is 2. The first-order valence-corrected chi connectivity index (χ1v) is 15.3. The number of nitrogens with zero attached hydrogens (tertiary/aromatic N) is 5. The van der Waals surface area contributed by atoms with Crippen LogP contribution >= 0.6 is 11.3 Å². The average Bonchev–Trinajstić information content (AvgIpc) is 3.66. The molecule has 212 valence electrons. The Labute approximate surface area is 244 Å². The molecule has 2 N–H and O–H groups in total. The van der Waals surface area contributed by atoms with Gasteiger partial charge in [0.25, 0.3) is 11.8 Å². The fraction of sp³-hybridized carbons (Fsp3) is 0.387. The van der Waals surface area contributed by atoms with Crippen LogP contribution in [0.2, 0.25) is 0 Å². The SMILES string of the molecule is CCc1cccc(CC)c1NC(=O)c1nn(C)c2c1CCc1cnc(NC3CCN(C(=O)c4ccsc4)CC3)nc1-2. The van der Waals surface area contributed by atoms with Crippen molar-refractivity contribution in [2.45, 2.75) is 58.4 Å². The number of para-hydroxylation sites is 1. The van der Waals surface area contributed by atoms with Gasteiger partial charge >= 0.3 is 0 Å². The number of rotatable bonds is 7. The second-order valence-corrected chi connectivity index (χ2v) is 11.5. The number of carbonyl (C=O) groups is 2. The summed E-state index contributed by atoms with van der Waals surface area (Å²) >= 11 is 1.54. The zero-order valence-corrected chi connectivity index (χ0v) is 24.6. The van der Waals surface area contributed by atoms with Crippen LogP contribution < -0.4 is 10.6 Å². The largest absolute Gasteiger partial charge is 0.351 e. The lowest BCUT2D eigenvalue weighted by molar-refractivity contribution is 0.0718. The first kappa shape index (κ1) is 27.1. The number of carbonyl (C=O) groups excluding carboxylic acids is 2. The van der Waals surface area contributed by atoms with Crippen molar-refractivity contribution < 1.29 is 9.59 Å². The third-order valence-corrected chi connectivity index (χ3v) is 8.90. The molecule has 41 heavy (non-hydrogen) atoms. The van der Waals surface area contributed by atoms with E-state index in [9.17, 15) is 9.59 Å². The zero-order chi connectivity index (χ0) is 28.5. The molecule has 1 aromatic carbocycles. The van der Waals surface area contributed by atoms with E-state index in [1.807, 2.05) is 41.0 Å². The molecule has 0 atom stereocenters. The van der Waals surface area contributed by atoms with E-state index in [1.165, 1.54) is 0 Å². The molecular formula is C31H35N7O2S. The molecule has 6 rings (SSSR count). The lowest BCUT2D eigenvalue weighted by Crippen LogP contribution is -2.42. The van der Waals surface area contributed by atoms with Gasteiger partial charge in [-0.2, -0.15) is 16.4 Å². The Morgan fingerprint density at radius 3 is 2.51 bits per heavy atom. The van der Waals surface area contributed by atoms with E-state index in [-0.39, 0.29) is 17.9 Å². The lowest BCUT2D eigenvalue weighted by atomic mass is 9.93. The van der Waals surface area contributed by atoms with Gasteiger partial charge in [-0.25, -0.2) is 9.97 Å². The summed E-state index contributed by atoms with van der Waals surface area (Å²) in [5, 5.41) is 15.2. The summed E-state index contributed by atoms with van der Waals surface area (Å²) < 4.78 is 1.78. The molecule has 2 amide bonds. The molecule has 3 aromatic heterocycles. The Morgan fingerprint density at radius 2 is 1.83 bits per heavy atom. The number of benzene rings is 1. The highest BCUT2D eigenvalue weighted by molar-refractivity contribution is 7.08. The highest BCUT2D eigenvalue weighted by atomic mass is 32.1. The van der Waals surface area contributed by atoms with Gasteiger partial charge in [0.2, 0.25) is 5.95 Å². The van der Waals surface area contributed by atoms with Crippen LogP contribution in [0.3, 0.4) is 0 Å². The molecule has 4 aromatic rings. The van der Waals surface area contributed by atoms with E-state index >= 15 is 0 Å². The third kappa shape index (κ3) is 5.24. The third-order valence-electron chi connectivity index (χ3n) is 8.21. The summed E-state index contributed by atoms with van der Waals surface area (Å²) in [5.41, 5.74) is 8.04. The number of piperidine rings is 1. The van der Waals surface area contributed by atoms with Crippen molar-refractivity contribution in [2.75, 3.05) is 23.7 Å². The van der Waals surface area contributed by atoms with Gasteiger partial charge in [0, 0.05) is 49.0 Å². The molecule has 4 heterocycles. The van der Waals surface area contributed by atoms with E-state index < -0.39 is 0 Å². The Morgan fingerprint density at radius 1 is 1.07 bits per heavy atom. The molecule has 10 heteroatoms. The quantitative estimate of drug-likeness (QED) is 0.320. The number of amides is 2. The predicted molar refractivity (Wildman–Crippen MR) is 162 cm³/mol. The second kappa shape index (κ2) is 11.4. The van der Waals surface area contributed by atoms with E-state index in [4.69, 9.17) is 4.98 Å². The Balaban J connectivity index is 1.19. The van der Waals surface area contributed by atoms with E-state index in [1.54, 1.807) is 16.0 Å². The van der Waals surface area contributed by atoms with Crippen LogP contribution in [0.4, 0.5) is 11.6 Å². The van der Waals surface area contributed by atoms with Crippen molar-refractivity contribution in [3.63, 3.8) is 0 Å². The number of aryl methyl sites for hydroxylation is 4. The minimum atomic E-state index is -0.183. The minimum Gasteiger partial charge on any atom is -0.351 e. The Bertz CT molecular complexity index is 1560. The molecule has 0 spiro atoms. The zero-order valence-electron chi connectivity index (χ0n) is 23.7. The van der Waals surface area contributed by atoms with Crippen LogP contribution in [0.15, 0.2) is 41.2 Å². The van der Waals surface area contributed by atoms with Crippen LogP contribution in [0, 0.1) is 0 Å². The normalized spacial score (nSPS) is 14.9. The van der Waals surface area contributed by atoms with Gasteiger partial charge in [-0.15, -0.1) is 0 Å². The number of nitrogens with one attached hydrogen (secondary N) is 2. The smallest absolute Gasteiger partial charge is 0.276 e. The van der Waals surface area contributed by atoms with Crippen LogP contribution in [0.5, 0.6) is 0 Å². The number of likely N-dealkylation sites (tertiary alicyclic amines) is 1. The highest BCUT2D eigenvalue weighted by Crippen LogP contribution is 2.35. The van der Waals surface area contributed by atoms with E-state index in [2.05, 4.69) is 46.7 Å². The van der Waals surface area contributed by atoms with E-state index in [0.717, 1.165) is 77.0 Å². The average molecular weight is 570 g/mol. The number of hydrogen-bond acceptors (Lipinski definition) is 7. The topological polar surface area (TPSA) is 105 Å². The molecule has 0 radical (unpaired) electrons. The van der Waals surface area contributed by atoms with Crippen molar-refractivity contribution in [1.29, 1.82) is 0 Å². The van der Waals surface area contributed by atoms with Crippen LogP contribution in [-0.4, -0.2) is 55.6 Å². The molecule has 0 saturated carbocycles. The summed E-state index contributed by atoms with van der Waals surface area (Å²) in [6.07, 6.45) is 6.69. The van der Waals surface area contributed by atoms with Crippen molar-refractivity contribution in [1.82, 2.24) is 24.6 Å². The summed E-state index contributed by atoms with van der Waals surface area (Å²) in [4.78, 5) is 37.7. The van der Waals surface area contributed by atoms with Gasteiger partial charge in [-0.05, 0) is 66.7 Å². The van der Waals surface area contributed by atoms with Gasteiger partial charge in [-0.1, -0.05) is 32.0 Å². The van der Waals surface area contributed by atoms with Crippen LogP contribution in [0.1, 0.15) is 69.8 Å². The van der Waals surface area contributed by atoms with Gasteiger partial charge in [-0.3, -0.25) is 14.3 Å². The van der Waals surface area contributed by atoms with Gasteiger partial charge in [0.1, 0.15) is 0 Å². The van der Waals surface area contributed by atoms with Crippen molar-refractivity contribution >= 4 is 34.8 Å². The second-order valence-electron chi connectivity index (χ2n) is 10.7. The molecule has 0 bridgehead atoms. The summed E-state index contributed by atoms with van der Waals surface area (Å²) in [5.74, 6) is 0.482. The van der Waals surface area contributed by atoms with Gasteiger partial charge in [0.05, 0.1) is 17.0 Å². The molecular weight excluding hydrogens is 534 g/mol. The molecule has 9 nitrogen and oxygen atoms in total. The minimum absolute atomic E-state index is 0.0995. The van der Waals surface area contributed by atoms with Gasteiger partial charge < -0.3 is 15.5 Å². The number of aromatic nitrogens is 4. The summed E-state index contributed by atoms with van der Waals surface area (Å²) in [6.45, 7) is 5.59. The maximum atomic E-state index is 13.6. The predicted octanol–water partition coefficient (Wildman–Crippen LogP) is 5.13. The van der Waals surface area contributed by atoms with Gasteiger partial charge in [0.15, 0.2) is 5.69 Å². The fourth-order valence-electron chi connectivity index (χ4n) is 5.96. The van der Waals surface area contributed by atoms with E-state index in [0.29, 0.717) is 31.2 Å². The highest BCUT2D eigenvalue weighted by Gasteiger charge is 2.30. The monoisotopic (exact) mass is 569 g/mol. The Kier molecular flexibility index (Phi) is 7.57. The lowest BCUT2D eigenvalue weighted by Gasteiger charge is -2.32. The standard InChI is InChI=1S/C31H35N7O2S/c1-4-19-7-6-8-20(5-2)25(19)34-29(39)27-24-10-9-21-17-32-31(35-26(21)28(24)37(3)36-27)33-23-11-14-38(15-12-23)30(40)22-13-16-41-18-22/h6-8,13,16-18,23H,4-5,9-12,14-15H2,1-3H3,(H,34,39)(H,32,33,35). The maximum absolute atomic E-state index is 13.6. The fourth-order valence-corrected chi connectivity index (χ4v) is 6.59.